The van der Waals surface area contributed by atoms with Gasteiger partial charge in [-0.2, -0.15) is 18.2 Å². The Morgan fingerprint density at radius 3 is 2.49 bits per heavy atom. The van der Waals surface area contributed by atoms with E-state index in [9.17, 15) is 23.1 Å². The van der Waals surface area contributed by atoms with Gasteiger partial charge in [-0.25, -0.2) is 4.98 Å². The van der Waals surface area contributed by atoms with E-state index in [1.165, 1.54) is 29.1 Å². The van der Waals surface area contributed by atoms with Crippen LogP contribution in [0.1, 0.15) is 11.3 Å². The van der Waals surface area contributed by atoms with E-state index in [-0.39, 0.29) is 29.6 Å². The van der Waals surface area contributed by atoms with E-state index in [0.29, 0.717) is 27.9 Å². The number of alkyl halides is 3. The quantitative estimate of drug-likeness (QED) is 0.369. The molecule has 0 aliphatic rings. The fraction of sp³-hybridized carbons (Fsp3) is 0.0769. The maximum Gasteiger partial charge on any atom is 0.416 e. The van der Waals surface area contributed by atoms with E-state index in [0.717, 1.165) is 12.1 Å². The van der Waals surface area contributed by atoms with E-state index in [2.05, 4.69) is 15.0 Å². The van der Waals surface area contributed by atoms with Gasteiger partial charge >= 0.3 is 6.18 Å². The molecule has 8 nitrogen and oxygen atoms in total. The molecule has 184 valence electrons. The number of imidazole rings is 1. The molecule has 0 aliphatic carbocycles. The molecular weight excluding hydrogens is 487 g/mol. The largest absolute Gasteiger partial charge is 0.434 e. The van der Waals surface area contributed by atoms with Crippen molar-refractivity contribution in [1.82, 2.24) is 23.9 Å². The lowest BCUT2D eigenvalue weighted by Crippen LogP contribution is -2.19. The predicted molar refractivity (Wildman–Crippen MR) is 128 cm³/mol. The van der Waals surface area contributed by atoms with E-state index >= 15 is 0 Å². The minimum Gasteiger partial charge on any atom is -0.434 e. The number of aliphatic hydroxyl groups excluding tert-OH is 1. The molecule has 0 bridgehead atoms. The van der Waals surface area contributed by atoms with Gasteiger partial charge in [0.2, 0.25) is 5.89 Å². The van der Waals surface area contributed by atoms with Gasteiger partial charge in [-0.3, -0.25) is 14.3 Å². The first-order chi connectivity index (χ1) is 17.8. The molecule has 0 aliphatic heterocycles. The second-order valence-electron chi connectivity index (χ2n) is 8.25. The minimum atomic E-state index is -4.50. The zero-order valence-corrected chi connectivity index (χ0v) is 18.8. The number of aromatic nitrogens is 5. The highest BCUT2D eigenvalue weighted by molar-refractivity contribution is 5.78. The van der Waals surface area contributed by atoms with E-state index < -0.39 is 17.3 Å². The molecular formula is C26H16F3N5O3. The molecule has 0 unspecified atom stereocenters. The topological polar surface area (TPSA) is 98.5 Å². The van der Waals surface area contributed by atoms with Gasteiger partial charge in [0.05, 0.1) is 23.4 Å². The molecule has 0 radical (unpaired) electrons. The molecule has 0 saturated carbocycles. The first-order valence-electron chi connectivity index (χ1n) is 11.1. The molecule has 0 saturated heterocycles. The van der Waals surface area contributed by atoms with Gasteiger partial charge in [0.1, 0.15) is 11.2 Å². The van der Waals surface area contributed by atoms with Crippen molar-refractivity contribution in [2.24, 2.45) is 0 Å². The summed E-state index contributed by atoms with van der Waals surface area (Å²) in [4.78, 5) is 26.3. The average Bonchev–Trinajstić information content (AvgIpc) is 3.53. The molecule has 5 aromatic heterocycles. The zero-order chi connectivity index (χ0) is 25.7. The second kappa shape index (κ2) is 8.42. The van der Waals surface area contributed by atoms with Crippen LogP contribution in [0.2, 0.25) is 0 Å². The number of pyridine rings is 3. The lowest BCUT2D eigenvalue weighted by molar-refractivity contribution is -0.137. The van der Waals surface area contributed by atoms with Gasteiger partial charge in [0, 0.05) is 35.7 Å². The van der Waals surface area contributed by atoms with Crippen molar-refractivity contribution >= 4 is 16.6 Å². The third-order valence-electron chi connectivity index (χ3n) is 5.89. The van der Waals surface area contributed by atoms with Crippen molar-refractivity contribution in [1.29, 1.82) is 0 Å². The van der Waals surface area contributed by atoms with Crippen molar-refractivity contribution in [3.05, 3.63) is 101 Å². The van der Waals surface area contributed by atoms with E-state index in [1.54, 1.807) is 47.1 Å². The molecule has 5 heterocycles. The van der Waals surface area contributed by atoms with Crippen LogP contribution in [0.4, 0.5) is 13.2 Å². The van der Waals surface area contributed by atoms with Crippen LogP contribution in [0.5, 0.6) is 0 Å². The number of rotatable bonds is 4. The van der Waals surface area contributed by atoms with E-state index in [4.69, 9.17) is 4.42 Å². The van der Waals surface area contributed by atoms with Crippen LogP contribution in [0, 0.1) is 0 Å². The summed E-state index contributed by atoms with van der Waals surface area (Å²) >= 11 is 0. The number of aliphatic hydroxyl groups is 1. The van der Waals surface area contributed by atoms with Crippen molar-refractivity contribution < 1.29 is 22.7 Å². The van der Waals surface area contributed by atoms with Crippen LogP contribution >= 0.6 is 0 Å². The third kappa shape index (κ3) is 3.95. The first-order valence-corrected chi connectivity index (χ1v) is 11.1. The molecule has 0 atom stereocenters. The number of hydrogen-bond acceptors (Lipinski definition) is 6. The molecule has 37 heavy (non-hydrogen) atoms. The van der Waals surface area contributed by atoms with Crippen LogP contribution in [-0.2, 0) is 12.8 Å². The van der Waals surface area contributed by atoms with Gasteiger partial charge in [0.15, 0.2) is 11.6 Å². The Morgan fingerprint density at radius 2 is 1.73 bits per heavy atom. The molecule has 0 fully saturated rings. The predicted octanol–water partition coefficient (Wildman–Crippen LogP) is 4.87. The van der Waals surface area contributed by atoms with Crippen molar-refractivity contribution in [2.75, 3.05) is 0 Å². The van der Waals surface area contributed by atoms with Gasteiger partial charge in [0.25, 0.3) is 5.56 Å². The van der Waals surface area contributed by atoms with Crippen LogP contribution in [0.15, 0.2) is 88.6 Å². The van der Waals surface area contributed by atoms with Crippen molar-refractivity contribution in [3.8, 4) is 28.6 Å². The summed E-state index contributed by atoms with van der Waals surface area (Å²) in [7, 11) is 0. The normalized spacial score (nSPS) is 12.0. The molecule has 0 spiro atoms. The highest BCUT2D eigenvalue weighted by atomic mass is 19.4. The van der Waals surface area contributed by atoms with Crippen molar-refractivity contribution in [2.45, 2.75) is 12.8 Å². The van der Waals surface area contributed by atoms with Gasteiger partial charge in [-0.05, 0) is 36.4 Å². The number of hydrogen-bond donors (Lipinski definition) is 1. The van der Waals surface area contributed by atoms with Gasteiger partial charge in [-0.1, -0.05) is 18.2 Å². The molecule has 0 amide bonds. The average molecular weight is 503 g/mol. The lowest BCUT2D eigenvalue weighted by Gasteiger charge is -2.08. The molecule has 6 aromatic rings. The monoisotopic (exact) mass is 503 g/mol. The van der Waals surface area contributed by atoms with Crippen LogP contribution in [-0.4, -0.2) is 29.0 Å². The Bertz CT molecular complexity index is 1840. The standard InChI is InChI=1S/C26H16F3N5O3/c27-26(28,29)18-6-3-16(4-7-18)22-23(34-11-9-15-2-1-10-30-21(15)25(34)36)32-24(37-22)17-5-8-20-31-19(14-35)13-33(20)12-17/h1-13,35H,14H2. The Hall–Kier alpha value is -4.77. The van der Waals surface area contributed by atoms with Crippen LogP contribution in [0.3, 0.4) is 0 Å². The number of benzene rings is 1. The van der Waals surface area contributed by atoms with E-state index in [1.807, 2.05) is 0 Å². The Morgan fingerprint density at radius 1 is 0.946 bits per heavy atom. The van der Waals surface area contributed by atoms with Crippen molar-refractivity contribution in [3.63, 3.8) is 0 Å². The molecule has 11 heteroatoms. The van der Waals surface area contributed by atoms with Crippen LogP contribution < -0.4 is 5.56 Å². The highest BCUT2D eigenvalue weighted by Gasteiger charge is 2.30. The number of oxazole rings is 1. The Balaban J connectivity index is 1.55. The fourth-order valence-electron chi connectivity index (χ4n) is 4.08. The minimum absolute atomic E-state index is 0.106. The maximum atomic E-state index is 13.3. The summed E-state index contributed by atoms with van der Waals surface area (Å²) in [5, 5.41) is 10.0. The zero-order valence-electron chi connectivity index (χ0n) is 18.8. The SMILES string of the molecule is O=c1c2ncccc2ccn1-c1nc(-c2ccc3nc(CO)cn3c2)oc1-c1ccc(C(F)(F)F)cc1. The smallest absolute Gasteiger partial charge is 0.416 e. The number of nitrogens with zero attached hydrogens (tertiary/aromatic N) is 5. The van der Waals surface area contributed by atoms with Gasteiger partial charge in [-0.15, -0.1) is 0 Å². The Kier molecular flexibility index (Phi) is 5.16. The summed E-state index contributed by atoms with van der Waals surface area (Å²) in [6.45, 7) is -0.225. The summed E-state index contributed by atoms with van der Waals surface area (Å²) in [6.07, 6.45) is 1.87. The first kappa shape index (κ1) is 22.7. The third-order valence-corrected chi connectivity index (χ3v) is 5.89. The maximum absolute atomic E-state index is 13.3. The second-order valence-corrected chi connectivity index (χ2v) is 8.25. The molecule has 1 N–H and O–H groups in total. The lowest BCUT2D eigenvalue weighted by atomic mass is 10.1. The Labute approximate surface area is 205 Å². The number of fused-ring (bicyclic) bond motifs is 2. The number of halogens is 3. The summed E-state index contributed by atoms with van der Waals surface area (Å²) in [5.41, 5.74) is 0.856. The summed E-state index contributed by atoms with van der Waals surface area (Å²) < 4.78 is 48.4. The molecule has 1 aromatic carbocycles. The summed E-state index contributed by atoms with van der Waals surface area (Å²) in [5.74, 6) is 0.357. The fourth-order valence-corrected chi connectivity index (χ4v) is 4.08. The highest BCUT2D eigenvalue weighted by Crippen LogP contribution is 2.35. The van der Waals surface area contributed by atoms with Crippen LogP contribution in [0.25, 0.3) is 45.1 Å². The van der Waals surface area contributed by atoms with Gasteiger partial charge < -0.3 is 13.9 Å². The summed E-state index contributed by atoms with van der Waals surface area (Å²) in [6, 6.07) is 13.0. The molecule has 6 rings (SSSR count).